The maximum atomic E-state index is 12.5. The Labute approximate surface area is 167 Å². The van der Waals surface area contributed by atoms with Gasteiger partial charge >= 0.3 is 5.97 Å². The highest BCUT2D eigenvalue weighted by Gasteiger charge is 2.30. The summed E-state index contributed by atoms with van der Waals surface area (Å²) in [6, 6.07) is 4.11. The molecule has 0 unspecified atom stereocenters. The topological polar surface area (TPSA) is 116 Å². The van der Waals surface area contributed by atoms with Gasteiger partial charge in [0.25, 0.3) is 5.69 Å². The SMILES string of the molecule is CCOC(=O)c1c(Oc2c(C)cc([N+](=O)[O-])c3c2CCC3)ccc(O)c1C(C)=O. The Hall–Kier alpha value is -3.42. The summed E-state index contributed by atoms with van der Waals surface area (Å²) < 4.78 is 11.1. The number of aromatic hydroxyl groups is 1. The molecule has 0 saturated carbocycles. The molecule has 0 radical (unpaired) electrons. The van der Waals surface area contributed by atoms with Crippen molar-refractivity contribution >= 4 is 17.4 Å². The molecule has 0 atom stereocenters. The summed E-state index contributed by atoms with van der Waals surface area (Å²) in [5.41, 5.74) is 1.61. The number of hydrogen-bond donors (Lipinski definition) is 1. The first-order valence-corrected chi connectivity index (χ1v) is 9.27. The lowest BCUT2D eigenvalue weighted by Crippen LogP contribution is -2.13. The van der Waals surface area contributed by atoms with Crippen molar-refractivity contribution in [3.63, 3.8) is 0 Å². The maximum Gasteiger partial charge on any atom is 0.342 e. The predicted octanol–water partition coefficient (Wildman–Crippen LogP) is 4.27. The first kappa shape index (κ1) is 20.3. The summed E-state index contributed by atoms with van der Waals surface area (Å²) in [7, 11) is 0. The number of nitrogens with zero attached hydrogens (tertiary/aromatic N) is 1. The van der Waals surface area contributed by atoms with Gasteiger partial charge in [-0.15, -0.1) is 0 Å². The van der Waals surface area contributed by atoms with Gasteiger partial charge in [0, 0.05) is 17.2 Å². The molecule has 1 aliphatic carbocycles. The summed E-state index contributed by atoms with van der Waals surface area (Å²) in [5, 5.41) is 21.5. The molecule has 3 rings (SSSR count). The number of benzene rings is 2. The Morgan fingerprint density at radius 3 is 2.52 bits per heavy atom. The van der Waals surface area contributed by atoms with Crippen LogP contribution in [0.15, 0.2) is 18.2 Å². The lowest BCUT2D eigenvalue weighted by molar-refractivity contribution is -0.385. The number of ether oxygens (including phenoxy) is 2. The summed E-state index contributed by atoms with van der Waals surface area (Å²) in [6.07, 6.45) is 1.94. The van der Waals surface area contributed by atoms with E-state index in [0.717, 1.165) is 12.0 Å². The molecule has 0 aliphatic heterocycles. The van der Waals surface area contributed by atoms with Crippen molar-refractivity contribution in [2.75, 3.05) is 6.61 Å². The van der Waals surface area contributed by atoms with E-state index in [1.165, 1.54) is 25.1 Å². The van der Waals surface area contributed by atoms with E-state index in [0.29, 0.717) is 29.7 Å². The van der Waals surface area contributed by atoms with Crippen molar-refractivity contribution in [2.24, 2.45) is 0 Å². The highest BCUT2D eigenvalue weighted by atomic mass is 16.6. The first-order valence-electron chi connectivity index (χ1n) is 9.27. The van der Waals surface area contributed by atoms with Gasteiger partial charge in [-0.2, -0.15) is 0 Å². The van der Waals surface area contributed by atoms with E-state index >= 15 is 0 Å². The summed E-state index contributed by atoms with van der Waals surface area (Å²) >= 11 is 0. The van der Waals surface area contributed by atoms with Crippen LogP contribution in [0.4, 0.5) is 5.69 Å². The Bertz CT molecular complexity index is 1030. The monoisotopic (exact) mass is 399 g/mol. The fraction of sp³-hybridized carbons (Fsp3) is 0.333. The third kappa shape index (κ3) is 3.65. The van der Waals surface area contributed by atoms with Gasteiger partial charge in [-0.3, -0.25) is 14.9 Å². The third-order valence-electron chi connectivity index (χ3n) is 4.90. The second-order valence-corrected chi connectivity index (χ2v) is 6.82. The molecule has 0 aromatic heterocycles. The second kappa shape index (κ2) is 7.90. The minimum absolute atomic E-state index is 0.0532. The van der Waals surface area contributed by atoms with Gasteiger partial charge in [-0.05, 0) is 57.7 Å². The zero-order valence-electron chi connectivity index (χ0n) is 16.4. The van der Waals surface area contributed by atoms with Crippen LogP contribution in [0.5, 0.6) is 17.2 Å². The minimum atomic E-state index is -0.792. The van der Waals surface area contributed by atoms with Crippen LogP contribution in [-0.4, -0.2) is 28.4 Å². The number of ketones is 1. The number of fused-ring (bicyclic) bond motifs is 1. The lowest BCUT2D eigenvalue weighted by atomic mass is 10.0. The molecule has 0 spiro atoms. The van der Waals surface area contributed by atoms with Crippen molar-refractivity contribution in [3.8, 4) is 17.2 Å². The van der Waals surface area contributed by atoms with E-state index in [4.69, 9.17) is 9.47 Å². The van der Waals surface area contributed by atoms with Gasteiger partial charge in [-0.1, -0.05) is 0 Å². The van der Waals surface area contributed by atoms with Crippen molar-refractivity contribution < 1.29 is 29.1 Å². The number of phenols is 1. The van der Waals surface area contributed by atoms with Crippen LogP contribution in [0.25, 0.3) is 0 Å². The number of aryl methyl sites for hydroxylation is 1. The quantitative estimate of drug-likeness (QED) is 0.334. The van der Waals surface area contributed by atoms with Crippen LogP contribution in [0.2, 0.25) is 0 Å². The molecule has 0 amide bonds. The van der Waals surface area contributed by atoms with Gasteiger partial charge in [0.2, 0.25) is 0 Å². The molecule has 2 aromatic carbocycles. The van der Waals surface area contributed by atoms with Gasteiger partial charge < -0.3 is 14.6 Å². The van der Waals surface area contributed by atoms with Crippen molar-refractivity contribution in [1.82, 2.24) is 0 Å². The van der Waals surface area contributed by atoms with E-state index in [-0.39, 0.29) is 34.9 Å². The Kier molecular flexibility index (Phi) is 5.54. The van der Waals surface area contributed by atoms with E-state index in [2.05, 4.69) is 0 Å². The molecule has 1 N–H and O–H groups in total. The third-order valence-corrected chi connectivity index (χ3v) is 4.90. The largest absolute Gasteiger partial charge is 0.507 e. The van der Waals surface area contributed by atoms with E-state index in [9.17, 15) is 24.8 Å². The molecular formula is C21H21NO7. The van der Waals surface area contributed by atoms with Crippen LogP contribution >= 0.6 is 0 Å². The molecular weight excluding hydrogens is 378 g/mol. The Morgan fingerprint density at radius 1 is 1.21 bits per heavy atom. The fourth-order valence-electron chi connectivity index (χ4n) is 3.71. The zero-order valence-corrected chi connectivity index (χ0v) is 16.4. The van der Waals surface area contributed by atoms with Gasteiger partial charge in [0.1, 0.15) is 22.8 Å². The van der Waals surface area contributed by atoms with Crippen molar-refractivity contribution in [2.45, 2.75) is 40.0 Å². The maximum absolute atomic E-state index is 12.5. The predicted molar refractivity (Wildman–Crippen MR) is 104 cm³/mol. The summed E-state index contributed by atoms with van der Waals surface area (Å²) in [6.45, 7) is 4.63. The van der Waals surface area contributed by atoms with Crippen molar-refractivity contribution in [1.29, 1.82) is 0 Å². The molecule has 152 valence electrons. The molecule has 0 fully saturated rings. The normalized spacial score (nSPS) is 12.4. The van der Waals surface area contributed by atoms with Crippen molar-refractivity contribution in [3.05, 3.63) is 56.1 Å². The minimum Gasteiger partial charge on any atom is -0.507 e. The van der Waals surface area contributed by atoms with Crippen LogP contribution in [-0.2, 0) is 17.6 Å². The second-order valence-electron chi connectivity index (χ2n) is 6.82. The number of carbonyl (C=O) groups is 2. The van der Waals surface area contributed by atoms with Gasteiger partial charge in [0.05, 0.1) is 17.1 Å². The first-order chi connectivity index (χ1) is 13.8. The molecule has 0 heterocycles. The van der Waals surface area contributed by atoms with Gasteiger partial charge in [0.15, 0.2) is 5.78 Å². The number of phenolic OH excluding ortho intramolecular Hbond substituents is 1. The Balaban J connectivity index is 2.18. The van der Waals surface area contributed by atoms with Crippen LogP contribution in [0.3, 0.4) is 0 Å². The van der Waals surface area contributed by atoms with Crippen LogP contribution in [0.1, 0.15) is 57.7 Å². The number of rotatable bonds is 6. The highest BCUT2D eigenvalue weighted by molar-refractivity contribution is 6.09. The number of esters is 1. The van der Waals surface area contributed by atoms with Crippen LogP contribution < -0.4 is 4.74 Å². The standard InChI is InChI=1S/C21H21NO7/c1-4-28-21(25)19-17(9-8-16(24)18(19)12(3)23)29-20-11(2)10-15(22(26)27)13-6-5-7-14(13)20/h8-10,24H,4-7H2,1-3H3. The molecule has 2 aromatic rings. The summed E-state index contributed by atoms with van der Waals surface area (Å²) in [4.78, 5) is 35.6. The molecule has 8 nitrogen and oxygen atoms in total. The van der Waals surface area contributed by atoms with E-state index in [1.807, 2.05) is 0 Å². The highest BCUT2D eigenvalue weighted by Crippen LogP contribution is 2.43. The molecule has 8 heteroatoms. The van der Waals surface area contributed by atoms with E-state index < -0.39 is 16.7 Å². The average molecular weight is 399 g/mol. The smallest absolute Gasteiger partial charge is 0.342 e. The number of hydrogen-bond acceptors (Lipinski definition) is 7. The number of nitro benzene ring substituents is 1. The lowest BCUT2D eigenvalue weighted by Gasteiger charge is -2.18. The van der Waals surface area contributed by atoms with Crippen LogP contribution in [0, 0.1) is 17.0 Å². The van der Waals surface area contributed by atoms with Gasteiger partial charge in [-0.25, -0.2) is 4.79 Å². The molecule has 29 heavy (non-hydrogen) atoms. The number of nitro groups is 1. The zero-order chi connectivity index (χ0) is 21.3. The van der Waals surface area contributed by atoms with E-state index in [1.54, 1.807) is 13.8 Å². The molecule has 1 aliphatic rings. The number of Topliss-reactive ketones (excluding diaryl/α,β-unsaturated/α-hetero) is 1. The average Bonchev–Trinajstić information content (AvgIpc) is 3.13. The molecule has 0 bridgehead atoms. The summed E-state index contributed by atoms with van der Waals surface area (Å²) in [5.74, 6) is -1.17. The number of carbonyl (C=O) groups excluding carboxylic acids is 2. The molecule has 0 saturated heterocycles. The Morgan fingerprint density at radius 2 is 1.90 bits per heavy atom. The fourth-order valence-corrected chi connectivity index (χ4v) is 3.71.